The van der Waals surface area contributed by atoms with Crippen LogP contribution in [0.1, 0.15) is 17.3 Å². The van der Waals surface area contributed by atoms with Crippen molar-refractivity contribution in [1.82, 2.24) is 9.78 Å². The van der Waals surface area contributed by atoms with Gasteiger partial charge in [0.2, 0.25) is 5.91 Å². The summed E-state index contributed by atoms with van der Waals surface area (Å²) in [6.45, 7) is 2.05. The minimum Gasteiger partial charge on any atom is -0.462 e. The minimum atomic E-state index is -0.448. The molecular weight excluding hydrogens is 338 g/mol. The van der Waals surface area contributed by atoms with Crippen LogP contribution in [-0.4, -0.2) is 28.3 Å². The van der Waals surface area contributed by atoms with Crippen LogP contribution >= 0.6 is 15.9 Å². The van der Waals surface area contributed by atoms with Crippen LogP contribution in [-0.2, 0) is 16.1 Å². The molecule has 1 aromatic heterocycles. The third-order valence-corrected chi connectivity index (χ3v) is 3.05. The fourth-order valence-electron chi connectivity index (χ4n) is 1.68. The molecule has 0 saturated heterocycles. The molecule has 0 radical (unpaired) electrons. The Labute approximate surface area is 130 Å². The summed E-state index contributed by atoms with van der Waals surface area (Å²) in [5.74, 6) is -0.678. The number of ether oxygens (including phenoxy) is 1. The van der Waals surface area contributed by atoms with E-state index in [0.717, 1.165) is 4.47 Å². The van der Waals surface area contributed by atoms with E-state index < -0.39 is 5.97 Å². The maximum absolute atomic E-state index is 11.9. The smallest absolute Gasteiger partial charge is 0.341 e. The predicted octanol–water partition coefficient (Wildman–Crippen LogP) is 2.46. The number of nitrogens with zero attached hydrogens (tertiary/aromatic N) is 2. The van der Waals surface area contributed by atoms with Gasteiger partial charge in [-0.25, -0.2) is 4.79 Å². The Morgan fingerprint density at radius 1 is 1.43 bits per heavy atom. The Bertz CT molecular complexity index is 654. The van der Waals surface area contributed by atoms with Gasteiger partial charge in [0.15, 0.2) is 0 Å². The Hall–Kier alpha value is -2.15. The lowest BCUT2D eigenvalue weighted by molar-refractivity contribution is -0.116. The van der Waals surface area contributed by atoms with Gasteiger partial charge in [0.05, 0.1) is 18.4 Å². The number of hydrogen-bond donors (Lipinski definition) is 1. The molecule has 0 bridgehead atoms. The largest absolute Gasteiger partial charge is 0.462 e. The second-order valence-electron chi connectivity index (χ2n) is 4.21. The van der Waals surface area contributed by atoms with Crippen molar-refractivity contribution < 1.29 is 14.3 Å². The average Bonchev–Trinajstić information content (AvgIpc) is 2.87. The number of rotatable bonds is 5. The molecule has 21 heavy (non-hydrogen) atoms. The van der Waals surface area contributed by atoms with Gasteiger partial charge in [-0.3, -0.25) is 9.48 Å². The molecule has 1 amide bonds. The van der Waals surface area contributed by atoms with Crippen LogP contribution in [0, 0.1) is 0 Å². The lowest BCUT2D eigenvalue weighted by Gasteiger charge is -2.05. The minimum absolute atomic E-state index is 0.0198. The molecule has 0 spiro atoms. The molecule has 0 saturated carbocycles. The summed E-state index contributed by atoms with van der Waals surface area (Å²) in [6.07, 6.45) is 2.86. The standard InChI is InChI=1S/C14H14BrN3O3/c1-2-21-14(20)10-7-16-18(8-10)9-13(19)17-12-5-3-4-11(15)6-12/h3-8H,2,9H2,1H3,(H,17,19). The highest BCUT2D eigenvalue weighted by atomic mass is 79.9. The van der Waals surface area contributed by atoms with E-state index in [0.29, 0.717) is 17.9 Å². The zero-order valence-corrected chi connectivity index (χ0v) is 13.0. The van der Waals surface area contributed by atoms with Crippen LogP contribution in [0.3, 0.4) is 0 Å². The first-order chi connectivity index (χ1) is 10.1. The van der Waals surface area contributed by atoms with Gasteiger partial charge in [-0.15, -0.1) is 0 Å². The summed E-state index contributed by atoms with van der Waals surface area (Å²) < 4.78 is 7.12. The number of carbonyl (C=O) groups is 2. The van der Waals surface area contributed by atoms with Crippen molar-refractivity contribution in [2.45, 2.75) is 13.5 Å². The van der Waals surface area contributed by atoms with Crippen molar-refractivity contribution in [3.8, 4) is 0 Å². The summed E-state index contributed by atoms with van der Waals surface area (Å²) in [5, 5.41) is 6.71. The van der Waals surface area contributed by atoms with Crippen molar-refractivity contribution in [3.63, 3.8) is 0 Å². The molecule has 1 aromatic carbocycles. The molecule has 0 aliphatic heterocycles. The Morgan fingerprint density at radius 2 is 2.24 bits per heavy atom. The molecule has 110 valence electrons. The highest BCUT2D eigenvalue weighted by Gasteiger charge is 2.11. The predicted molar refractivity (Wildman–Crippen MR) is 81.0 cm³/mol. The fraction of sp³-hybridized carbons (Fsp3) is 0.214. The number of carbonyl (C=O) groups excluding carboxylic acids is 2. The first kappa shape index (κ1) is 15.2. The van der Waals surface area contributed by atoms with Crippen molar-refractivity contribution in [2.24, 2.45) is 0 Å². The fourth-order valence-corrected chi connectivity index (χ4v) is 2.08. The van der Waals surface area contributed by atoms with Crippen LogP contribution in [0.2, 0.25) is 0 Å². The lowest BCUT2D eigenvalue weighted by atomic mass is 10.3. The number of esters is 1. The second-order valence-corrected chi connectivity index (χ2v) is 5.12. The number of anilines is 1. The van der Waals surface area contributed by atoms with Gasteiger partial charge < -0.3 is 10.1 Å². The number of aromatic nitrogens is 2. The van der Waals surface area contributed by atoms with Crippen LogP contribution in [0.15, 0.2) is 41.1 Å². The molecule has 7 heteroatoms. The summed E-state index contributed by atoms with van der Waals surface area (Å²) in [5.41, 5.74) is 1.01. The van der Waals surface area contributed by atoms with Crippen molar-refractivity contribution in [3.05, 3.63) is 46.7 Å². The first-order valence-corrected chi connectivity index (χ1v) is 7.13. The topological polar surface area (TPSA) is 73.2 Å². The second kappa shape index (κ2) is 7.03. The maximum Gasteiger partial charge on any atom is 0.341 e. The molecule has 2 rings (SSSR count). The van der Waals surface area contributed by atoms with E-state index in [2.05, 4.69) is 26.3 Å². The summed E-state index contributed by atoms with van der Waals surface area (Å²) >= 11 is 3.33. The SMILES string of the molecule is CCOC(=O)c1cnn(CC(=O)Nc2cccc(Br)c2)c1. The molecule has 0 aliphatic rings. The number of amides is 1. The zero-order valence-electron chi connectivity index (χ0n) is 11.4. The number of nitrogens with one attached hydrogen (secondary N) is 1. The maximum atomic E-state index is 11.9. The molecule has 0 fully saturated rings. The van der Waals surface area contributed by atoms with E-state index in [4.69, 9.17) is 4.74 Å². The Morgan fingerprint density at radius 3 is 2.95 bits per heavy atom. The highest BCUT2D eigenvalue weighted by Crippen LogP contribution is 2.15. The third-order valence-electron chi connectivity index (χ3n) is 2.56. The summed E-state index contributed by atoms with van der Waals surface area (Å²) in [6, 6.07) is 7.28. The van der Waals surface area contributed by atoms with Gasteiger partial charge in [0.1, 0.15) is 6.54 Å². The van der Waals surface area contributed by atoms with Gasteiger partial charge in [-0.05, 0) is 25.1 Å². The third kappa shape index (κ3) is 4.42. The van der Waals surface area contributed by atoms with E-state index in [-0.39, 0.29) is 12.5 Å². The van der Waals surface area contributed by atoms with Crippen LogP contribution in [0.25, 0.3) is 0 Å². The van der Waals surface area contributed by atoms with Crippen molar-refractivity contribution in [1.29, 1.82) is 0 Å². The molecule has 6 nitrogen and oxygen atoms in total. The van der Waals surface area contributed by atoms with Crippen molar-refractivity contribution >= 4 is 33.5 Å². The van der Waals surface area contributed by atoms with Gasteiger partial charge >= 0.3 is 5.97 Å². The van der Waals surface area contributed by atoms with Crippen molar-refractivity contribution in [2.75, 3.05) is 11.9 Å². The zero-order chi connectivity index (χ0) is 15.2. The first-order valence-electron chi connectivity index (χ1n) is 6.33. The van der Waals surface area contributed by atoms with E-state index in [1.54, 1.807) is 19.1 Å². The average molecular weight is 352 g/mol. The van der Waals surface area contributed by atoms with Gasteiger partial charge in [0, 0.05) is 16.4 Å². The van der Waals surface area contributed by atoms with E-state index in [9.17, 15) is 9.59 Å². The molecule has 1 heterocycles. The van der Waals surface area contributed by atoms with Gasteiger partial charge in [-0.1, -0.05) is 22.0 Å². The summed E-state index contributed by atoms with van der Waals surface area (Å²) in [4.78, 5) is 23.4. The quantitative estimate of drug-likeness (QED) is 0.839. The normalized spacial score (nSPS) is 10.2. The Kier molecular flexibility index (Phi) is 5.10. The summed E-state index contributed by atoms with van der Waals surface area (Å²) in [7, 11) is 0. The monoisotopic (exact) mass is 351 g/mol. The molecule has 0 aliphatic carbocycles. The van der Waals surface area contributed by atoms with E-state index >= 15 is 0 Å². The number of halogens is 1. The Balaban J connectivity index is 1.95. The van der Waals surface area contributed by atoms with Crippen LogP contribution < -0.4 is 5.32 Å². The molecular formula is C14H14BrN3O3. The number of hydrogen-bond acceptors (Lipinski definition) is 4. The molecule has 2 aromatic rings. The van der Waals surface area contributed by atoms with Crippen LogP contribution in [0.5, 0.6) is 0 Å². The highest BCUT2D eigenvalue weighted by molar-refractivity contribution is 9.10. The van der Waals surface area contributed by atoms with Gasteiger partial charge in [-0.2, -0.15) is 5.10 Å². The molecule has 1 N–H and O–H groups in total. The van der Waals surface area contributed by atoms with E-state index in [1.165, 1.54) is 17.1 Å². The number of benzene rings is 1. The molecule has 0 atom stereocenters. The lowest BCUT2D eigenvalue weighted by Crippen LogP contribution is -2.19. The molecule has 0 unspecified atom stereocenters. The van der Waals surface area contributed by atoms with E-state index in [1.807, 2.05) is 12.1 Å². The van der Waals surface area contributed by atoms with Crippen LogP contribution in [0.4, 0.5) is 5.69 Å². The van der Waals surface area contributed by atoms with Gasteiger partial charge in [0.25, 0.3) is 0 Å².